The predicted octanol–water partition coefficient (Wildman–Crippen LogP) is 1.47. The van der Waals surface area contributed by atoms with Gasteiger partial charge >= 0.3 is 5.97 Å². The maximum absolute atomic E-state index is 10.4. The van der Waals surface area contributed by atoms with Gasteiger partial charge in [0.05, 0.1) is 15.7 Å². The average molecular weight is 228 g/mol. The molecule has 0 aliphatic heterocycles. The number of hydrogen-bond acceptors (Lipinski definition) is 5. The van der Waals surface area contributed by atoms with E-state index in [1.807, 2.05) is 0 Å². The summed E-state index contributed by atoms with van der Waals surface area (Å²) in [6.45, 7) is 1.66. The van der Waals surface area contributed by atoms with E-state index in [1.165, 1.54) is 6.07 Å². The largest absolute Gasteiger partial charge is 0.481 e. The molecule has 0 spiro atoms. The number of pyridine rings is 1. The molecular formula is C8H8N2O4S. The third kappa shape index (κ3) is 3.21. The molecule has 0 aliphatic rings. The highest BCUT2D eigenvalue weighted by Crippen LogP contribution is 2.22. The summed E-state index contributed by atoms with van der Waals surface area (Å²) in [6.07, 6.45) is 1.12. The number of nitro groups is 1. The van der Waals surface area contributed by atoms with E-state index in [9.17, 15) is 14.9 Å². The Labute approximate surface area is 89.5 Å². The molecule has 0 unspecified atom stereocenters. The molecule has 7 heteroatoms. The molecule has 80 valence electrons. The Bertz CT molecular complexity index is 408. The first kappa shape index (κ1) is 11.4. The maximum Gasteiger partial charge on any atom is 0.313 e. The molecule has 15 heavy (non-hydrogen) atoms. The van der Waals surface area contributed by atoms with E-state index >= 15 is 0 Å². The minimum Gasteiger partial charge on any atom is -0.481 e. The van der Waals surface area contributed by atoms with Crippen LogP contribution in [0.1, 0.15) is 5.56 Å². The van der Waals surface area contributed by atoms with Crippen LogP contribution in [0.3, 0.4) is 0 Å². The molecule has 0 bridgehead atoms. The fourth-order valence-corrected chi connectivity index (χ4v) is 1.60. The smallest absolute Gasteiger partial charge is 0.313 e. The number of hydrogen-bond donors (Lipinski definition) is 1. The number of carbonyl (C=O) groups is 1. The molecule has 1 rings (SSSR count). The Hall–Kier alpha value is -1.63. The monoisotopic (exact) mass is 228 g/mol. The topological polar surface area (TPSA) is 93.3 Å². The van der Waals surface area contributed by atoms with Gasteiger partial charge in [0.1, 0.15) is 6.20 Å². The lowest BCUT2D eigenvalue weighted by atomic mass is 10.3. The van der Waals surface area contributed by atoms with Crippen LogP contribution in [0.15, 0.2) is 17.3 Å². The lowest BCUT2D eigenvalue weighted by Crippen LogP contribution is -1.99. The van der Waals surface area contributed by atoms with Crippen LogP contribution in [0.4, 0.5) is 5.69 Å². The second-order valence-electron chi connectivity index (χ2n) is 2.76. The highest BCUT2D eigenvalue weighted by atomic mass is 32.2. The lowest BCUT2D eigenvalue weighted by molar-refractivity contribution is -0.385. The zero-order chi connectivity index (χ0) is 11.4. The first-order chi connectivity index (χ1) is 7.00. The van der Waals surface area contributed by atoms with Gasteiger partial charge in [0, 0.05) is 6.07 Å². The summed E-state index contributed by atoms with van der Waals surface area (Å²) >= 11 is 1.04. The Balaban J connectivity index is 2.83. The van der Waals surface area contributed by atoms with E-state index in [0.29, 0.717) is 10.6 Å². The van der Waals surface area contributed by atoms with Crippen molar-refractivity contribution in [1.29, 1.82) is 0 Å². The van der Waals surface area contributed by atoms with Crippen LogP contribution in [0, 0.1) is 17.0 Å². The fourth-order valence-electron chi connectivity index (χ4n) is 0.928. The van der Waals surface area contributed by atoms with E-state index < -0.39 is 10.9 Å². The first-order valence-corrected chi connectivity index (χ1v) is 4.95. The van der Waals surface area contributed by atoms with Gasteiger partial charge in [-0.1, -0.05) is 11.8 Å². The van der Waals surface area contributed by atoms with Gasteiger partial charge in [-0.3, -0.25) is 14.9 Å². The first-order valence-electron chi connectivity index (χ1n) is 3.96. The van der Waals surface area contributed by atoms with Crippen molar-refractivity contribution in [3.63, 3.8) is 0 Å². The SMILES string of the molecule is Cc1cc([N+](=O)[O-])cnc1SCC(=O)O. The third-order valence-electron chi connectivity index (χ3n) is 1.56. The van der Waals surface area contributed by atoms with E-state index in [1.54, 1.807) is 6.92 Å². The van der Waals surface area contributed by atoms with Crippen molar-refractivity contribution < 1.29 is 14.8 Å². The molecule has 1 heterocycles. The van der Waals surface area contributed by atoms with Gasteiger partial charge in [0.15, 0.2) is 0 Å². The molecule has 0 saturated heterocycles. The van der Waals surface area contributed by atoms with Crippen molar-refractivity contribution in [3.8, 4) is 0 Å². The molecule has 0 amide bonds. The molecule has 0 aromatic carbocycles. The van der Waals surface area contributed by atoms with Gasteiger partial charge < -0.3 is 5.11 Å². The number of carboxylic acids is 1. The van der Waals surface area contributed by atoms with Crippen molar-refractivity contribution in [2.45, 2.75) is 11.9 Å². The number of nitrogens with zero attached hydrogens (tertiary/aromatic N) is 2. The standard InChI is InChI=1S/C8H8N2O4S/c1-5-2-6(10(13)14)3-9-8(5)15-4-7(11)12/h2-3H,4H2,1H3,(H,11,12). The molecule has 0 fully saturated rings. The van der Waals surface area contributed by atoms with Crippen molar-refractivity contribution in [2.24, 2.45) is 0 Å². The van der Waals surface area contributed by atoms with Crippen molar-refractivity contribution >= 4 is 23.4 Å². The summed E-state index contributed by atoms with van der Waals surface area (Å²) in [5.74, 6) is -1.05. The molecule has 0 saturated carbocycles. The summed E-state index contributed by atoms with van der Waals surface area (Å²) < 4.78 is 0. The number of aromatic nitrogens is 1. The Morgan fingerprint density at radius 1 is 1.73 bits per heavy atom. The summed E-state index contributed by atoms with van der Waals surface area (Å²) in [6, 6.07) is 1.37. The second-order valence-corrected chi connectivity index (χ2v) is 3.72. The van der Waals surface area contributed by atoms with E-state index in [4.69, 9.17) is 5.11 Å². The van der Waals surface area contributed by atoms with Crippen molar-refractivity contribution in [1.82, 2.24) is 4.98 Å². The number of thioether (sulfide) groups is 1. The van der Waals surface area contributed by atoms with E-state index in [2.05, 4.69) is 4.98 Å². The van der Waals surface area contributed by atoms with E-state index in [0.717, 1.165) is 18.0 Å². The molecule has 1 N–H and O–H groups in total. The van der Waals surface area contributed by atoms with Crippen molar-refractivity contribution in [3.05, 3.63) is 27.9 Å². The highest BCUT2D eigenvalue weighted by Gasteiger charge is 2.10. The Kier molecular flexibility index (Phi) is 3.62. The average Bonchev–Trinajstić information content (AvgIpc) is 2.15. The molecule has 1 aromatic rings. The fraction of sp³-hybridized carbons (Fsp3) is 0.250. The number of aliphatic carboxylic acids is 1. The minimum absolute atomic E-state index is 0.0906. The number of rotatable bonds is 4. The molecule has 1 aromatic heterocycles. The van der Waals surface area contributed by atoms with Gasteiger partial charge in [0.2, 0.25) is 0 Å². The number of aryl methyl sites for hydroxylation is 1. The van der Waals surface area contributed by atoms with Gasteiger partial charge in [-0.2, -0.15) is 0 Å². The maximum atomic E-state index is 10.4. The van der Waals surface area contributed by atoms with Gasteiger partial charge in [-0.15, -0.1) is 0 Å². The summed E-state index contributed by atoms with van der Waals surface area (Å²) in [4.78, 5) is 24.0. The van der Waals surface area contributed by atoms with Gasteiger partial charge in [-0.05, 0) is 12.5 Å². The Morgan fingerprint density at radius 3 is 2.87 bits per heavy atom. The van der Waals surface area contributed by atoms with Crippen LogP contribution in [-0.2, 0) is 4.79 Å². The number of carboxylic acid groups (broad SMARTS) is 1. The molecule has 6 nitrogen and oxygen atoms in total. The lowest BCUT2D eigenvalue weighted by Gasteiger charge is -2.01. The molecule has 0 aliphatic carbocycles. The summed E-state index contributed by atoms with van der Waals surface area (Å²) in [5, 5.41) is 19.3. The highest BCUT2D eigenvalue weighted by molar-refractivity contribution is 7.99. The van der Waals surface area contributed by atoms with Crippen LogP contribution >= 0.6 is 11.8 Å². The molecular weight excluding hydrogens is 220 g/mol. The third-order valence-corrected chi connectivity index (χ3v) is 2.65. The second kappa shape index (κ2) is 4.74. The van der Waals surface area contributed by atoms with Crippen molar-refractivity contribution in [2.75, 3.05) is 5.75 Å². The van der Waals surface area contributed by atoms with Crippen LogP contribution in [0.5, 0.6) is 0 Å². The summed E-state index contributed by atoms with van der Waals surface area (Å²) in [5.41, 5.74) is 0.516. The Morgan fingerprint density at radius 2 is 2.40 bits per heavy atom. The summed E-state index contributed by atoms with van der Waals surface area (Å²) in [7, 11) is 0. The van der Waals surface area contributed by atoms with Gasteiger partial charge in [0.25, 0.3) is 5.69 Å². The van der Waals surface area contributed by atoms with Crippen LogP contribution in [0.25, 0.3) is 0 Å². The van der Waals surface area contributed by atoms with E-state index in [-0.39, 0.29) is 11.4 Å². The van der Waals surface area contributed by atoms with Crippen LogP contribution < -0.4 is 0 Å². The van der Waals surface area contributed by atoms with Gasteiger partial charge in [-0.25, -0.2) is 4.98 Å². The zero-order valence-corrected chi connectivity index (χ0v) is 8.65. The minimum atomic E-state index is -0.945. The van der Waals surface area contributed by atoms with Crippen LogP contribution in [-0.4, -0.2) is 26.7 Å². The predicted molar refractivity (Wildman–Crippen MR) is 54.0 cm³/mol. The zero-order valence-electron chi connectivity index (χ0n) is 7.84. The quantitative estimate of drug-likeness (QED) is 0.476. The normalized spacial score (nSPS) is 9.93. The molecule has 0 radical (unpaired) electrons. The molecule has 0 atom stereocenters. The van der Waals surface area contributed by atoms with Crippen LogP contribution in [0.2, 0.25) is 0 Å².